The summed E-state index contributed by atoms with van der Waals surface area (Å²) in [6.07, 6.45) is 0.515. The molecule has 0 heterocycles. The first-order valence-electron chi connectivity index (χ1n) is 5.90. The number of nitrogens with one attached hydrogen (secondary N) is 1. The predicted octanol–water partition coefficient (Wildman–Crippen LogP) is 2.40. The van der Waals surface area contributed by atoms with E-state index in [9.17, 15) is 4.79 Å². The lowest BCUT2D eigenvalue weighted by Gasteiger charge is -2.28. The monoisotopic (exact) mass is 327 g/mol. The summed E-state index contributed by atoms with van der Waals surface area (Å²) in [5, 5.41) is 14.5. The van der Waals surface area contributed by atoms with Crippen molar-refractivity contribution in [1.29, 1.82) is 0 Å². The van der Waals surface area contributed by atoms with Crippen molar-refractivity contribution in [2.24, 2.45) is 10.9 Å². The molecule has 0 radical (unpaired) electrons. The zero-order chi connectivity index (χ0) is 14.6. The fourth-order valence-corrected chi connectivity index (χ4v) is 2.24. The second-order valence-electron chi connectivity index (χ2n) is 4.64. The zero-order valence-electron chi connectivity index (χ0n) is 11.2. The van der Waals surface area contributed by atoms with Crippen LogP contribution >= 0.6 is 15.9 Å². The summed E-state index contributed by atoms with van der Waals surface area (Å²) in [7, 11) is 0. The van der Waals surface area contributed by atoms with Crippen molar-refractivity contribution in [3.63, 3.8) is 0 Å². The van der Waals surface area contributed by atoms with Crippen LogP contribution < -0.4 is 11.1 Å². The molecule has 1 unspecified atom stereocenters. The highest BCUT2D eigenvalue weighted by atomic mass is 79.9. The molecule has 1 amide bonds. The van der Waals surface area contributed by atoms with E-state index in [1.165, 1.54) is 0 Å². The van der Waals surface area contributed by atoms with E-state index in [-0.39, 0.29) is 11.7 Å². The smallest absolute Gasteiger partial charge is 0.252 e. The van der Waals surface area contributed by atoms with Gasteiger partial charge in [-0.25, -0.2) is 0 Å². The van der Waals surface area contributed by atoms with Crippen LogP contribution in [-0.2, 0) is 0 Å². The van der Waals surface area contributed by atoms with Crippen LogP contribution in [-0.4, -0.2) is 22.5 Å². The average molecular weight is 328 g/mol. The first-order valence-corrected chi connectivity index (χ1v) is 6.69. The van der Waals surface area contributed by atoms with Gasteiger partial charge in [-0.1, -0.05) is 28.0 Å². The van der Waals surface area contributed by atoms with Crippen molar-refractivity contribution < 1.29 is 10.0 Å². The molecule has 19 heavy (non-hydrogen) atoms. The molecule has 0 spiro atoms. The minimum atomic E-state index is -0.873. The molecule has 104 valence electrons. The van der Waals surface area contributed by atoms with Gasteiger partial charge >= 0.3 is 0 Å². The Labute approximate surface area is 121 Å². The number of amides is 1. The first kappa shape index (κ1) is 15.5. The Morgan fingerprint density at radius 2 is 2.16 bits per heavy atom. The van der Waals surface area contributed by atoms with Crippen LogP contribution in [0, 0.1) is 6.92 Å². The number of hydrogen-bond acceptors (Lipinski definition) is 3. The zero-order valence-corrected chi connectivity index (χ0v) is 12.8. The van der Waals surface area contributed by atoms with Crippen molar-refractivity contribution >= 4 is 27.7 Å². The highest BCUT2D eigenvalue weighted by Crippen LogP contribution is 2.17. The molecule has 0 aliphatic heterocycles. The summed E-state index contributed by atoms with van der Waals surface area (Å²) in [6.45, 7) is 5.47. The van der Waals surface area contributed by atoms with Gasteiger partial charge in [-0.05, 0) is 44.0 Å². The fraction of sp³-hybridized carbons (Fsp3) is 0.385. The number of amidine groups is 1. The second-order valence-corrected chi connectivity index (χ2v) is 5.56. The van der Waals surface area contributed by atoms with Crippen LogP contribution in [0.2, 0.25) is 0 Å². The maximum Gasteiger partial charge on any atom is 0.252 e. The second kappa shape index (κ2) is 6.06. The summed E-state index contributed by atoms with van der Waals surface area (Å²) >= 11 is 3.35. The number of nitrogens with zero attached hydrogens (tertiary/aromatic N) is 1. The number of aryl methyl sites for hydroxylation is 1. The highest BCUT2D eigenvalue weighted by molar-refractivity contribution is 9.10. The molecule has 1 rings (SSSR count). The summed E-state index contributed by atoms with van der Waals surface area (Å²) in [4.78, 5) is 12.2. The van der Waals surface area contributed by atoms with Gasteiger partial charge in [0.15, 0.2) is 5.84 Å². The van der Waals surface area contributed by atoms with E-state index in [4.69, 9.17) is 10.9 Å². The third-order valence-corrected chi connectivity index (χ3v) is 3.53. The molecule has 1 atom stereocenters. The molecule has 1 aromatic rings. The number of rotatable bonds is 4. The topological polar surface area (TPSA) is 87.7 Å². The van der Waals surface area contributed by atoms with E-state index in [2.05, 4.69) is 26.4 Å². The Bertz CT molecular complexity index is 496. The molecule has 0 fully saturated rings. The van der Waals surface area contributed by atoms with Gasteiger partial charge in [-0.15, -0.1) is 0 Å². The molecule has 0 saturated carbocycles. The van der Waals surface area contributed by atoms with E-state index < -0.39 is 5.54 Å². The third-order valence-electron chi connectivity index (χ3n) is 3.07. The Hall–Kier alpha value is -1.56. The van der Waals surface area contributed by atoms with Crippen LogP contribution in [0.25, 0.3) is 0 Å². The molecule has 0 aliphatic carbocycles. The Morgan fingerprint density at radius 3 is 2.63 bits per heavy atom. The molecular weight excluding hydrogens is 310 g/mol. The number of carbonyl (C=O) groups is 1. The Kier molecular flexibility index (Phi) is 4.94. The van der Waals surface area contributed by atoms with Gasteiger partial charge in [0, 0.05) is 10.0 Å². The van der Waals surface area contributed by atoms with Crippen molar-refractivity contribution in [3.8, 4) is 0 Å². The maximum absolute atomic E-state index is 12.2. The van der Waals surface area contributed by atoms with Gasteiger partial charge in [0.05, 0.1) is 5.54 Å². The van der Waals surface area contributed by atoms with Crippen LogP contribution in [0.3, 0.4) is 0 Å². The van der Waals surface area contributed by atoms with Gasteiger partial charge in [0.25, 0.3) is 5.91 Å². The minimum absolute atomic E-state index is 0.0185. The lowest BCUT2D eigenvalue weighted by Crippen LogP contribution is -2.55. The number of nitrogens with two attached hydrogens (primary N) is 1. The number of hydrogen-bond donors (Lipinski definition) is 3. The normalized spacial score (nSPS) is 14.8. The summed E-state index contributed by atoms with van der Waals surface area (Å²) in [5.74, 6) is -0.282. The van der Waals surface area contributed by atoms with Crippen molar-refractivity contribution in [1.82, 2.24) is 5.32 Å². The SMILES string of the molecule is CCC(C)(NC(=O)c1cc(C)cc(Br)c1)/C(N)=N/O. The van der Waals surface area contributed by atoms with E-state index in [0.29, 0.717) is 12.0 Å². The van der Waals surface area contributed by atoms with Gasteiger partial charge < -0.3 is 16.3 Å². The summed E-state index contributed by atoms with van der Waals surface area (Å²) in [5.41, 5.74) is 6.25. The molecule has 0 saturated heterocycles. The molecule has 4 N–H and O–H groups in total. The molecule has 0 aliphatic rings. The molecule has 6 heteroatoms. The van der Waals surface area contributed by atoms with Gasteiger partial charge in [0.1, 0.15) is 0 Å². The standard InChI is InChI=1S/C13H18BrN3O2/c1-4-13(3,12(15)17-19)16-11(18)9-5-8(2)6-10(14)7-9/h5-7,19H,4H2,1-3H3,(H2,15,17)(H,16,18). The molecule has 1 aromatic carbocycles. The number of halogens is 1. The summed E-state index contributed by atoms with van der Waals surface area (Å²) < 4.78 is 0.833. The highest BCUT2D eigenvalue weighted by Gasteiger charge is 2.30. The number of carbonyl (C=O) groups excluding carboxylic acids is 1. The Morgan fingerprint density at radius 1 is 1.53 bits per heavy atom. The molecule has 5 nitrogen and oxygen atoms in total. The van der Waals surface area contributed by atoms with Crippen LogP contribution in [0.5, 0.6) is 0 Å². The minimum Gasteiger partial charge on any atom is -0.409 e. The lowest BCUT2D eigenvalue weighted by molar-refractivity contribution is 0.0924. The van der Waals surface area contributed by atoms with Crippen LogP contribution in [0.15, 0.2) is 27.8 Å². The van der Waals surface area contributed by atoms with E-state index in [0.717, 1.165) is 10.0 Å². The lowest BCUT2D eigenvalue weighted by atomic mass is 9.96. The van der Waals surface area contributed by atoms with Crippen molar-refractivity contribution in [3.05, 3.63) is 33.8 Å². The number of benzene rings is 1. The Balaban J connectivity index is 3.01. The quantitative estimate of drug-likeness (QED) is 0.343. The van der Waals surface area contributed by atoms with Crippen molar-refractivity contribution in [2.75, 3.05) is 0 Å². The van der Waals surface area contributed by atoms with Crippen molar-refractivity contribution in [2.45, 2.75) is 32.7 Å². The van der Waals surface area contributed by atoms with Gasteiger partial charge in [-0.3, -0.25) is 4.79 Å². The van der Waals surface area contributed by atoms with E-state index in [1.807, 2.05) is 19.9 Å². The van der Waals surface area contributed by atoms with Gasteiger partial charge in [-0.2, -0.15) is 0 Å². The van der Waals surface area contributed by atoms with Crippen LogP contribution in [0.4, 0.5) is 0 Å². The van der Waals surface area contributed by atoms with Gasteiger partial charge in [0.2, 0.25) is 0 Å². The van der Waals surface area contributed by atoms with E-state index >= 15 is 0 Å². The van der Waals surface area contributed by atoms with E-state index in [1.54, 1.807) is 19.1 Å². The third kappa shape index (κ3) is 3.70. The molecular formula is C13H18BrN3O2. The fourth-order valence-electron chi connectivity index (χ4n) is 1.63. The number of oxime groups is 1. The van der Waals surface area contributed by atoms with Crippen LogP contribution in [0.1, 0.15) is 36.2 Å². The molecule has 0 bridgehead atoms. The largest absolute Gasteiger partial charge is 0.409 e. The summed E-state index contributed by atoms with van der Waals surface area (Å²) in [6, 6.07) is 5.42. The maximum atomic E-state index is 12.2. The predicted molar refractivity (Wildman–Crippen MR) is 78.5 cm³/mol. The average Bonchev–Trinajstić information content (AvgIpc) is 2.36. The molecule has 0 aromatic heterocycles. The first-order chi connectivity index (χ1) is 8.82.